The first kappa shape index (κ1) is 30.2. The number of carbonyl (C=O) groups is 2. The normalized spacial score (nSPS) is 12.5. The predicted molar refractivity (Wildman–Crippen MR) is 144 cm³/mol. The fourth-order valence-corrected chi connectivity index (χ4v) is 8.66. The Kier molecular flexibility index (Phi) is 16.1. The van der Waals surface area contributed by atoms with E-state index in [4.69, 9.17) is 21.3 Å². The monoisotopic (exact) mass is 534 g/mol. The first-order valence-electron chi connectivity index (χ1n) is 11.4. The summed E-state index contributed by atoms with van der Waals surface area (Å²) in [6.07, 6.45) is 3.47. The van der Waals surface area contributed by atoms with E-state index in [2.05, 4.69) is 13.8 Å². The summed E-state index contributed by atoms with van der Waals surface area (Å²) < 4.78 is 10.2. The second-order valence-corrected chi connectivity index (χ2v) is 12.4. The van der Waals surface area contributed by atoms with Crippen LogP contribution in [0.5, 0.6) is 0 Å². The number of hydrogen-bond acceptors (Lipinski definition) is 7. The number of carboxylic acid groups (broad SMARTS) is 1. The lowest BCUT2D eigenvalue weighted by molar-refractivity contribution is -0.143. The number of carboxylic acids is 1. The third kappa shape index (κ3) is 10.5. The van der Waals surface area contributed by atoms with Crippen LogP contribution in [0.15, 0.2) is 30.3 Å². The summed E-state index contributed by atoms with van der Waals surface area (Å²) in [4.78, 5) is 27.3. The zero-order valence-electron chi connectivity index (χ0n) is 19.8. The molecular weight excluding hydrogens is 497 g/mol. The number of aliphatic carboxylic acids is 1. The van der Waals surface area contributed by atoms with E-state index < -0.39 is 22.0 Å². The number of carbonyl (C=O) groups excluding carboxylic acids is 1. The van der Waals surface area contributed by atoms with E-state index in [-0.39, 0.29) is 27.0 Å². The van der Waals surface area contributed by atoms with Gasteiger partial charge in [-0.05, 0) is 25.3 Å². The molecule has 2 atom stereocenters. The fraction of sp³-hybridized carbons (Fsp3) is 0.652. The van der Waals surface area contributed by atoms with Crippen LogP contribution in [0.1, 0.15) is 58.4 Å². The summed E-state index contributed by atoms with van der Waals surface area (Å²) >= 11 is 8.77. The van der Waals surface area contributed by atoms with Crippen molar-refractivity contribution in [3.63, 3.8) is 0 Å². The Balaban J connectivity index is 3.31. The van der Waals surface area contributed by atoms with Crippen molar-refractivity contribution >= 4 is 54.7 Å². The molecule has 2 unspecified atom stereocenters. The first-order chi connectivity index (χ1) is 16.0. The van der Waals surface area contributed by atoms with Crippen LogP contribution in [0.25, 0.3) is 0 Å². The van der Waals surface area contributed by atoms with E-state index in [9.17, 15) is 14.7 Å². The van der Waals surface area contributed by atoms with Gasteiger partial charge in [-0.3, -0.25) is 0 Å². The molecule has 1 N–H and O–H groups in total. The molecule has 0 bridgehead atoms. The standard InChI is InChI=1S/C23H36NO5PS3/c1-4-7-16-32-23(30-31,33-17-8-5-2)24(20(21(25)26)14-15-28-6-3)22(27)29-18-19-12-10-9-11-13-19/h9-13,20H,4-8,14-18H2,1-3H3,(H,25,26)/p+1. The minimum atomic E-state index is -1.08. The molecule has 1 aromatic rings. The molecule has 0 saturated carbocycles. The minimum absolute atomic E-state index is 0.0733. The highest BCUT2D eigenvalue weighted by Crippen LogP contribution is 2.51. The highest BCUT2D eigenvalue weighted by molar-refractivity contribution is 8.27. The molecule has 10 heteroatoms. The van der Waals surface area contributed by atoms with Crippen LogP contribution in [-0.4, -0.2) is 56.8 Å². The SMILES string of the molecule is CCCCSC([PH+]=S)(SCCCC)N(C(=O)OCc1ccccc1)C(CCOCC)C(=O)O. The highest BCUT2D eigenvalue weighted by Gasteiger charge is 2.52. The van der Waals surface area contributed by atoms with Crippen molar-refractivity contribution in [2.45, 2.75) is 69.5 Å². The van der Waals surface area contributed by atoms with Crippen LogP contribution in [0.4, 0.5) is 4.79 Å². The van der Waals surface area contributed by atoms with Crippen molar-refractivity contribution in [1.82, 2.24) is 4.90 Å². The first-order valence-corrected chi connectivity index (χ1v) is 15.5. The van der Waals surface area contributed by atoms with Gasteiger partial charge in [0, 0.05) is 31.1 Å². The van der Waals surface area contributed by atoms with Gasteiger partial charge in [-0.25, -0.2) is 14.5 Å². The van der Waals surface area contributed by atoms with E-state index in [1.807, 2.05) is 37.3 Å². The van der Waals surface area contributed by atoms with Gasteiger partial charge >= 0.3 is 16.0 Å². The molecule has 1 amide bonds. The molecular formula is C23H37NO5PS3+. The summed E-state index contributed by atoms with van der Waals surface area (Å²) in [5, 5.41) is 10.1. The van der Waals surface area contributed by atoms with Crippen molar-refractivity contribution in [1.29, 1.82) is 0 Å². The molecule has 0 aliphatic heterocycles. The van der Waals surface area contributed by atoms with E-state index in [0.717, 1.165) is 42.8 Å². The zero-order chi connectivity index (χ0) is 24.5. The maximum Gasteiger partial charge on any atom is 0.415 e. The van der Waals surface area contributed by atoms with Crippen LogP contribution in [0.2, 0.25) is 0 Å². The lowest BCUT2D eigenvalue weighted by Gasteiger charge is -2.37. The van der Waals surface area contributed by atoms with Gasteiger partial charge < -0.3 is 14.6 Å². The van der Waals surface area contributed by atoms with Gasteiger partial charge in [-0.2, -0.15) is 0 Å². The Hall–Kier alpha value is -0.860. The minimum Gasteiger partial charge on any atom is -0.480 e. The molecule has 186 valence electrons. The fourth-order valence-electron chi connectivity index (χ4n) is 2.94. The molecule has 33 heavy (non-hydrogen) atoms. The summed E-state index contributed by atoms with van der Waals surface area (Å²) in [5.74, 6) is 0.509. The maximum atomic E-state index is 13.5. The summed E-state index contributed by atoms with van der Waals surface area (Å²) in [5.41, 5.74) is 0.843. The molecule has 0 aliphatic carbocycles. The number of unbranched alkanes of at least 4 members (excludes halogenated alkanes) is 2. The summed E-state index contributed by atoms with van der Waals surface area (Å²) in [6.45, 7) is 6.87. The quantitative estimate of drug-likeness (QED) is 0.133. The topological polar surface area (TPSA) is 76.1 Å². The van der Waals surface area contributed by atoms with Gasteiger partial charge in [0.05, 0.1) is 0 Å². The number of thioether (sulfide) groups is 2. The number of rotatable bonds is 18. The van der Waals surface area contributed by atoms with Gasteiger partial charge in [0.25, 0.3) is 0 Å². The number of nitrogens with zero attached hydrogens (tertiary/aromatic N) is 1. The third-order valence-corrected chi connectivity index (χ3v) is 11.3. The molecule has 1 aromatic carbocycles. The Morgan fingerprint density at radius 1 is 1.12 bits per heavy atom. The number of benzene rings is 1. The maximum absolute atomic E-state index is 13.5. The lowest BCUT2D eigenvalue weighted by Crippen LogP contribution is -2.54. The number of ether oxygens (including phenoxy) is 2. The zero-order valence-corrected chi connectivity index (χ0v) is 23.2. The van der Waals surface area contributed by atoms with Crippen LogP contribution < -0.4 is 0 Å². The van der Waals surface area contributed by atoms with Crippen molar-refractivity contribution in [2.75, 3.05) is 24.7 Å². The van der Waals surface area contributed by atoms with Gasteiger partial charge in [-0.15, -0.1) is 0 Å². The molecule has 6 nitrogen and oxygen atoms in total. The van der Waals surface area contributed by atoms with Crippen molar-refractivity contribution in [3.05, 3.63) is 35.9 Å². The van der Waals surface area contributed by atoms with E-state index in [0.29, 0.717) is 6.61 Å². The largest absolute Gasteiger partial charge is 0.480 e. The molecule has 1 rings (SSSR count). The third-order valence-electron chi connectivity index (χ3n) is 4.78. The molecule has 0 saturated heterocycles. The van der Waals surface area contributed by atoms with Crippen LogP contribution >= 0.6 is 30.9 Å². The second kappa shape index (κ2) is 17.6. The van der Waals surface area contributed by atoms with Crippen molar-refractivity contribution in [3.8, 4) is 0 Å². The Morgan fingerprint density at radius 3 is 2.21 bits per heavy atom. The van der Waals surface area contributed by atoms with Gasteiger partial charge in [0.15, 0.2) is 11.8 Å². The van der Waals surface area contributed by atoms with Crippen LogP contribution in [-0.2, 0) is 32.7 Å². The Labute approximate surface area is 213 Å². The Bertz CT molecular complexity index is 701. The lowest BCUT2D eigenvalue weighted by atomic mass is 10.2. The van der Waals surface area contributed by atoms with Crippen molar-refractivity contribution < 1.29 is 24.2 Å². The molecule has 0 aliphatic rings. The molecule has 0 aromatic heterocycles. The molecule has 0 heterocycles. The summed E-state index contributed by atoms with van der Waals surface area (Å²) in [7, 11) is -0.0932. The average molecular weight is 535 g/mol. The summed E-state index contributed by atoms with van der Waals surface area (Å²) in [6, 6.07) is 8.30. The predicted octanol–water partition coefficient (Wildman–Crippen LogP) is 6.32. The highest BCUT2D eigenvalue weighted by atomic mass is 32.4. The van der Waals surface area contributed by atoms with E-state index in [1.165, 1.54) is 4.90 Å². The average Bonchev–Trinajstić information content (AvgIpc) is 2.82. The van der Waals surface area contributed by atoms with Crippen LogP contribution in [0, 0.1) is 0 Å². The smallest absolute Gasteiger partial charge is 0.415 e. The molecule has 0 radical (unpaired) electrons. The molecule has 0 fully saturated rings. The number of amides is 1. The van der Waals surface area contributed by atoms with Gasteiger partial charge in [0.1, 0.15) is 12.6 Å². The molecule has 0 spiro atoms. The van der Waals surface area contributed by atoms with E-state index >= 15 is 0 Å². The van der Waals surface area contributed by atoms with Gasteiger partial charge in [-0.1, -0.05) is 80.5 Å². The van der Waals surface area contributed by atoms with Gasteiger partial charge in [0.2, 0.25) is 7.36 Å². The van der Waals surface area contributed by atoms with Crippen LogP contribution in [0.3, 0.4) is 0 Å². The van der Waals surface area contributed by atoms with Crippen molar-refractivity contribution in [2.24, 2.45) is 0 Å². The second-order valence-electron chi connectivity index (χ2n) is 7.34. The van der Waals surface area contributed by atoms with E-state index in [1.54, 1.807) is 23.5 Å². The number of hydrogen-bond donors (Lipinski definition) is 1. The Morgan fingerprint density at radius 2 is 1.73 bits per heavy atom.